The monoisotopic (exact) mass is 171 g/mol. The zero-order valence-corrected chi connectivity index (χ0v) is 8.73. The molecule has 0 aliphatic heterocycles. The smallest absolute Gasteiger partial charge is 0.0419 e. The average molecular weight is 171 g/mol. The fraction of sp³-hybridized carbons (Fsp3) is 0.778. The van der Waals surface area contributed by atoms with Gasteiger partial charge < -0.3 is 16.0 Å². The second-order valence-electron chi connectivity index (χ2n) is 2.99. The minimum atomic E-state index is 0.377. The van der Waals surface area contributed by atoms with Crippen LogP contribution in [-0.2, 0) is 0 Å². The third kappa shape index (κ3) is 3.74. The van der Waals surface area contributed by atoms with Crippen molar-refractivity contribution in [3.05, 3.63) is 11.8 Å². The Labute approximate surface area is 75.6 Å². The lowest BCUT2D eigenvalue weighted by molar-refractivity contribution is 0.492. The van der Waals surface area contributed by atoms with Crippen LogP contribution in [-0.4, -0.2) is 33.2 Å². The Bertz CT molecular complexity index is 143. The number of rotatable bonds is 5. The van der Waals surface area contributed by atoms with Crippen molar-refractivity contribution in [2.75, 3.05) is 21.1 Å². The number of hydrogen-bond donors (Lipinski definition) is 3. The van der Waals surface area contributed by atoms with Gasteiger partial charge in [-0.25, -0.2) is 0 Å². The van der Waals surface area contributed by atoms with Crippen LogP contribution in [0.3, 0.4) is 0 Å². The van der Waals surface area contributed by atoms with E-state index in [1.54, 1.807) is 0 Å². The van der Waals surface area contributed by atoms with E-state index >= 15 is 0 Å². The minimum absolute atomic E-state index is 0.377. The summed E-state index contributed by atoms with van der Waals surface area (Å²) in [6.45, 7) is 4.22. The number of allylic oxidation sites excluding steroid dienone is 1. The van der Waals surface area contributed by atoms with Gasteiger partial charge in [-0.15, -0.1) is 0 Å². The molecule has 3 nitrogen and oxygen atoms in total. The standard InChI is InChI=1S/C9H21N3/c1-7(10-3)6-9(12-5)8(2)11-4/h6,8-12H,1-5H3. The van der Waals surface area contributed by atoms with Crippen LogP contribution in [0.5, 0.6) is 0 Å². The van der Waals surface area contributed by atoms with Gasteiger partial charge in [0.25, 0.3) is 0 Å². The highest BCUT2D eigenvalue weighted by Gasteiger charge is 2.09. The Balaban J connectivity index is 4.15. The molecule has 0 aliphatic carbocycles. The first-order chi connectivity index (χ1) is 5.65. The van der Waals surface area contributed by atoms with E-state index in [1.165, 1.54) is 5.70 Å². The van der Waals surface area contributed by atoms with Crippen LogP contribution >= 0.6 is 0 Å². The van der Waals surface area contributed by atoms with Crippen LogP contribution in [0.2, 0.25) is 0 Å². The van der Waals surface area contributed by atoms with Crippen molar-refractivity contribution < 1.29 is 0 Å². The third-order valence-corrected chi connectivity index (χ3v) is 2.15. The Morgan fingerprint density at radius 3 is 2.08 bits per heavy atom. The summed E-state index contributed by atoms with van der Waals surface area (Å²) in [5, 5.41) is 9.55. The SMILES string of the molecule is CNC(C)=CC(NC)C(C)NC. The highest BCUT2D eigenvalue weighted by Crippen LogP contribution is 1.97. The summed E-state index contributed by atoms with van der Waals surface area (Å²) in [5.74, 6) is 0. The van der Waals surface area contributed by atoms with E-state index < -0.39 is 0 Å². The van der Waals surface area contributed by atoms with Gasteiger partial charge in [-0.1, -0.05) is 0 Å². The van der Waals surface area contributed by atoms with Gasteiger partial charge in [0, 0.05) is 24.8 Å². The van der Waals surface area contributed by atoms with Gasteiger partial charge in [-0.2, -0.15) is 0 Å². The van der Waals surface area contributed by atoms with E-state index in [4.69, 9.17) is 0 Å². The van der Waals surface area contributed by atoms with Gasteiger partial charge in [0.2, 0.25) is 0 Å². The maximum atomic E-state index is 3.24. The van der Waals surface area contributed by atoms with Crippen molar-refractivity contribution in [3.63, 3.8) is 0 Å². The van der Waals surface area contributed by atoms with Gasteiger partial charge in [0.1, 0.15) is 0 Å². The van der Waals surface area contributed by atoms with Crippen LogP contribution in [0.15, 0.2) is 11.8 Å². The molecule has 0 saturated carbocycles. The van der Waals surface area contributed by atoms with Crippen molar-refractivity contribution in [2.24, 2.45) is 0 Å². The molecule has 0 aromatic carbocycles. The Morgan fingerprint density at radius 1 is 1.17 bits per heavy atom. The Hall–Kier alpha value is -0.540. The van der Waals surface area contributed by atoms with Gasteiger partial charge in [0.05, 0.1) is 0 Å². The predicted octanol–water partition coefficient (Wildman–Crippen LogP) is 0.306. The minimum Gasteiger partial charge on any atom is -0.392 e. The van der Waals surface area contributed by atoms with Gasteiger partial charge >= 0.3 is 0 Å². The largest absolute Gasteiger partial charge is 0.392 e. The second-order valence-corrected chi connectivity index (χ2v) is 2.99. The molecule has 0 rings (SSSR count). The fourth-order valence-electron chi connectivity index (χ4n) is 1.01. The molecule has 3 heteroatoms. The fourth-order valence-corrected chi connectivity index (χ4v) is 1.01. The maximum absolute atomic E-state index is 3.24. The first-order valence-corrected chi connectivity index (χ1v) is 4.36. The average Bonchev–Trinajstić information content (AvgIpc) is 2.12. The molecule has 0 saturated heterocycles. The topological polar surface area (TPSA) is 36.1 Å². The lowest BCUT2D eigenvalue weighted by Gasteiger charge is -2.20. The van der Waals surface area contributed by atoms with Crippen molar-refractivity contribution in [2.45, 2.75) is 25.9 Å². The van der Waals surface area contributed by atoms with Gasteiger partial charge in [0.15, 0.2) is 0 Å². The van der Waals surface area contributed by atoms with E-state index in [2.05, 4.69) is 35.9 Å². The van der Waals surface area contributed by atoms with Crippen molar-refractivity contribution >= 4 is 0 Å². The zero-order valence-electron chi connectivity index (χ0n) is 8.73. The summed E-state index contributed by atoms with van der Waals surface area (Å²) in [6.07, 6.45) is 2.18. The van der Waals surface area contributed by atoms with E-state index in [0.29, 0.717) is 12.1 Å². The summed E-state index contributed by atoms with van der Waals surface area (Å²) < 4.78 is 0. The molecule has 2 atom stereocenters. The zero-order chi connectivity index (χ0) is 9.56. The number of likely N-dealkylation sites (N-methyl/N-ethyl adjacent to an activating group) is 2. The number of nitrogens with one attached hydrogen (secondary N) is 3. The summed E-state index contributed by atoms with van der Waals surface area (Å²) in [5.41, 5.74) is 1.19. The van der Waals surface area contributed by atoms with Crippen LogP contribution in [0, 0.1) is 0 Å². The molecular weight excluding hydrogens is 150 g/mol. The molecule has 2 unspecified atom stereocenters. The quantitative estimate of drug-likeness (QED) is 0.557. The molecule has 0 spiro atoms. The molecule has 0 aromatic rings. The molecule has 3 N–H and O–H groups in total. The molecule has 72 valence electrons. The van der Waals surface area contributed by atoms with Crippen LogP contribution in [0.1, 0.15) is 13.8 Å². The highest BCUT2D eigenvalue weighted by atomic mass is 15.0. The second kappa shape index (κ2) is 6.03. The first kappa shape index (κ1) is 11.5. The normalized spacial score (nSPS) is 17.2. The summed E-state index contributed by atoms with van der Waals surface area (Å²) in [7, 11) is 5.87. The molecule has 0 radical (unpaired) electrons. The van der Waals surface area contributed by atoms with Gasteiger partial charge in [-0.05, 0) is 34.0 Å². The van der Waals surface area contributed by atoms with E-state index in [-0.39, 0.29) is 0 Å². The first-order valence-electron chi connectivity index (χ1n) is 4.36. The predicted molar refractivity (Wildman–Crippen MR) is 54.2 cm³/mol. The molecule has 12 heavy (non-hydrogen) atoms. The van der Waals surface area contributed by atoms with E-state index in [0.717, 1.165) is 0 Å². The Kier molecular flexibility index (Phi) is 5.76. The number of hydrogen-bond acceptors (Lipinski definition) is 3. The molecule has 0 amide bonds. The molecule has 0 heterocycles. The van der Waals surface area contributed by atoms with Crippen molar-refractivity contribution in [1.29, 1.82) is 0 Å². The molecular formula is C9H21N3. The maximum Gasteiger partial charge on any atom is 0.0419 e. The molecule has 0 aliphatic rings. The molecule has 0 fully saturated rings. The lowest BCUT2D eigenvalue weighted by atomic mass is 10.1. The summed E-state index contributed by atoms with van der Waals surface area (Å²) >= 11 is 0. The van der Waals surface area contributed by atoms with Crippen LogP contribution in [0.4, 0.5) is 0 Å². The van der Waals surface area contributed by atoms with Crippen LogP contribution < -0.4 is 16.0 Å². The van der Waals surface area contributed by atoms with Crippen LogP contribution in [0.25, 0.3) is 0 Å². The lowest BCUT2D eigenvalue weighted by Crippen LogP contribution is -2.42. The molecule has 0 aromatic heterocycles. The van der Waals surface area contributed by atoms with E-state index in [1.807, 2.05) is 21.1 Å². The molecule has 0 bridgehead atoms. The van der Waals surface area contributed by atoms with Gasteiger partial charge in [-0.3, -0.25) is 0 Å². The summed E-state index contributed by atoms with van der Waals surface area (Å²) in [6, 6.07) is 0.820. The van der Waals surface area contributed by atoms with Crippen molar-refractivity contribution in [3.8, 4) is 0 Å². The Morgan fingerprint density at radius 2 is 1.75 bits per heavy atom. The third-order valence-electron chi connectivity index (χ3n) is 2.15. The van der Waals surface area contributed by atoms with Crippen molar-refractivity contribution in [1.82, 2.24) is 16.0 Å². The summed E-state index contributed by atoms with van der Waals surface area (Å²) in [4.78, 5) is 0. The van der Waals surface area contributed by atoms with E-state index in [9.17, 15) is 0 Å². The highest BCUT2D eigenvalue weighted by molar-refractivity contribution is 5.04.